The molecule has 0 spiro atoms. The minimum absolute atomic E-state index is 0.279. The van der Waals surface area contributed by atoms with Crippen molar-refractivity contribution in [2.75, 3.05) is 24.6 Å². The Morgan fingerprint density at radius 1 is 1.20 bits per heavy atom. The molecule has 0 aromatic rings. The van der Waals surface area contributed by atoms with Crippen LogP contribution in [-0.4, -0.2) is 33.0 Å². The maximum Gasteiger partial charge on any atom is 0.151 e. The van der Waals surface area contributed by atoms with E-state index in [2.05, 4.69) is 12.2 Å². The first-order chi connectivity index (χ1) is 7.02. The number of unbranched alkanes of at least 4 members (excludes halogenated alkanes) is 1. The average Bonchev–Trinajstić information content (AvgIpc) is 2.16. The van der Waals surface area contributed by atoms with E-state index < -0.39 is 9.84 Å². The van der Waals surface area contributed by atoms with Gasteiger partial charge in [-0.05, 0) is 18.9 Å². The van der Waals surface area contributed by atoms with Crippen LogP contribution in [0.25, 0.3) is 0 Å². The van der Waals surface area contributed by atoms with Crippen LogP contribution in [0.5, 0.6) is 0 Å². The van der Waals surface area contributed by atoms with Crippen LogP contribution in [0.4, 0.5) is 0 Å². The normalized spacial score (nSPS) is 14.1. The largest absolute Gasteiger partial charge is 0.316 e. The molecule has 0 aromatic carbocycles. The summed E-state index contributed by atoms with van der Waals surface area (Å²) in [6.45, 7) is 7.66. The van der Waals surface area contributed by atoms with Gasteiger partial charge in [-0.3, -0.25) is 0 Å². The van der Waals surface area contributed by atoms with E-state index in [1.54, 1.807) is 0 Å². The first kappa shape index (κ1) is 14.9. The van der Waals surface area contributed by atoms with Gasteiger partial charge in [0.2, 0.25) is 0 Å². The van der Waals surface area contributed by atoms with Crippen LogP contribution in [0, 0.1) is 5.92 Å². The maximum atomic E-state index is 11.6. The van der Waals surface area contributed by atoms with Gasteiger partial charge in [0.05, 0.1) is 11.5 Å². The molecule has 15 heavy (non-hydrogen) atoms. The lowest BCUT2D eigenvalue weighted by Gasteiger charge is -2.09. The average molecular weight is 235 g/mol. The van der Waals surface area contributed by atoms with E-state index in [1.165, 1.54) is 0 Å². The molecule has 0 aliphatic carbocycles. The lowest BCUT2D eigenvalue weighted by atomic mass is 10.2. The highest BCUT2D eigenvalue weighted by molar-refractivity contribution is 7.91. The van der Waals surface area contributed by atoms with Gasteiger partial charge in [0.15, 0.2) is 9.84 Å². The highest BCUT2D eigenvalue weighted by Crippen LogP contribution is 2.05. The molecule has 0 rings (SSSR count). The van der Waals surface area contributed by atoms with E-state index in [4.69, 9.17) is 0 Å². The third-order valence-electron chi connectivity index (χ3n) is 2.53. The fourth-order valence-electron chi connectivity index (χ4n) is 1.29. The topological polar surface area (TPSA) is 46.2 Å². The fraction of sp³-hybridized carbons (Fsp3) is 1.00. The van der Waals surface area contributed by atoms with Crippen molar-refractivity contribution < 1.29 is 8.42 Å². The maximum absolute atomic E-state index is 11.6. The summed E-state index contributed by atoms with van der Waals surface area (Å²) in [6.07, 6.45) is 3.19. The number of sulfone groups is 1. The van der Waals surface area contributed by atoms with Gasteiger partial charge in [-0.2, -0.15) is 0 Å². The Bertz CT molecular complexity index is 237. The molecule has 0 aromatic heterocycles. The zero-order valence-corrected chi connectivity index (χ0v) is 11.1. The Balaban J connectivity index is 3.65. The molecule has 0 heterocycles. The first-order valence-electron chi connectivity index (χ1n) is 5.93. The lowest BCUT2D eigenvalue weighted by Crippen LogP contribution is -2.26. The zero-order chi connectivity index (χ0) is 11.7. The van der Waals surface area contributed by atoms with Gasteiger partial charge in [-0.25, -0.2) is 8.42 Å². The van der Waals surface area contributed by atoms with Gasteiger partial charge in [-0.15, -0.1) is 0 Å². The van der Waals surface area contributed by atoms with E-state index in [9.17, 15) is 8.42 Å². The van der Waals surface area contributed by atoms with Crippen LogP contribution in [0.15, 0.2) is 0 Å². The molecule has 0 aliphatic heterocycles. The summed E-state index contributed by atoms with van der Waals surface area (Å²) in [7, 11) is -2.84. The molecule has 0 amide bonds. The van der Waals surface area contributed by atoms with Crippen molar-refractivity contribution >= 4 is 9.84 Å². The molecule has 0 aliphatic rings. The summed E-state index contributed by atoms with van der Waals surface area (Å²) in [4.78, 5) is 0. The molecule has 0 radical (unpaired) electrons. The highest BCUT2D eigenvalue weighted by Gasteiger charge is 2.13. The fourth-order valence-corrected chi connectivity index (χ4v) is 3.01. The van der Waals surface area contributed by atoms with E-state index in [1.807, 2.05) is 13.8 Å². The summed E-state index contributed by atoms with van der Waals surface area (Å²) in [6, 6.07) is 0. The van der Waals surface area contributed by atoms with Crippen molar-refractivity contribution in [3.05, 3.63) is 0 Å². The third kappa shape index (κ3) is 8.88. The molecule has 1 unspecified atom stereocenters. The lowest BCUT2D eigenvalue weighted by molar-refractivity contribution is 0.560. The standard InChI is InChI=1S/C11H25NO2S/c1-4-6-7-12-8-9-15(13,14)10-11(3)5-2/h11-12H,4-10H2,1-3H3. The summed E-state index contributed by atoms with van der Waals surface area (Å²) in [5.41, 5.74) is 0. The molecular formula is C11H25NO2S. The van der Waals surface area contributed by atoms with Crippen LogP contribution in [0.2, 0.25) is 0 Å². The van der Waals surface area contributed by atoms with Crippen LogP contribution in [0.3, 0.4) is 0 Å². The second kappa shape index (κ2) is 8.11. The van der Waals surface area contributed by atoms with Crippen LogP contribution in [-0.2, 0) is 9.84 Å². The Labute approximate surface area is 94.6 Å². The smallest absolute Gasteiger partial charge is 0.151 e. The van der Waals surface area contributed by atoms with Gasteiger partial charge in [-0.1, -0.05) is 33.6 Å². The van der Waals surface area contributed by atoms with Gasteiger partial charge < -0.3 is 5.32 Å². The predicted molar refractivity (Wildman–Crippen MR) is 65.9 cm³/mol. The Hall–Kier alpha value is -0.0900. The van der Waals surface area contributed by atoms with Crippen molar-refractivity contribution in [3.63, 3.8) is 0 Å². The second-order valence-corrected chi connectivity index (χ2v) is 6.46. The van der Waals surface area contributed by atoms with Crippen molar-refractivity contribution in [2.24, 2.45) is 5.92 Å². The van der Waals surface area contributed by atoms with Crippen LogP contribution < -0.4 is 5.32 Å². The van der Waals surface area contributed by atoms with Crippen molar-refractivity contribution in [2.45, 2.75) is 40.0 Å². The highest BCUT2D eigenvalue weighted by atomic mass is 32.2. The molecule has 3 nitrogen and oxygen atoms in total. The number of hydrogen-bond donors (Lipinski definition) is 1. The molecule has 0 bridgehead atoms. The molecule has 92 valence electrons. The Morgan fingerprint density at radius 3 is 2.40 bits per heavy atom. The zero-order valence-electron chi connectivity index (χ0n) is 10.3. The number of nitrogens with one attached hydrogen (secondary N) is 1. The van der Waals surface area contributed by atoms with Crippen LogP contribution >= 0.6 is 0 Å². The van der Waals surface area contributed by atoms with E-state index in [-0.39, 0.29) is 11.7 Å². The summed E-state index contributed by atoms with van der Waals surface area (Å²) < 4.78 is 23.2. The molecule has 1 atom stereocenters. The van der Waals surface area contributed by atoms with Crippen molar-refractivity contribution in [1.82, 2.24) is 5.32 Å². The number of rotatable bonds is 9. The quantitative estimate of drug-likeness (QED) is 0.620. The van der Waals surface area contributed by atoms with E-state index in [0.29, 0.717) is 12.3 Å². The minimum Gasteiger partial charge on any atom is -0.316 e. The summed E-state index contributed by atoms with van der Waals surface area (Å²) in [5, 5.41) is 3.15. The van der Waals surface area contributed by atoms with Crippen molar-refractivity contribution in [3.8, 4) is 0 Å². The van der Waals surface area contributed by atoms with Crippen LogP contribution in [0.1, 0.15) is 40.0 Å². The SMILES string of the molecule is CCCCNCCS(=O)(=O)CC(C)CC. The van der Waals surface area contributed by atoms with E-state index >= 15 is 0 Å². The number of hydrogen-bond acceptors (Lipinski definition) is 3. The van der Waals surface area contributed by atoms with Gasteiger partial charge >= 0.3 is 0 Å². The molecule has 0 saturated carbocycles. The monoisotopic (exact) mass is 235 g/mol. The summed E-state index contributed by atoms with van der Waals surface area (Å²) >= 11 is 0. The third-order valence-corrected chi connectivity index (χ3v) is 4.44. The summed E-state index contributed by atoms with van der Waals surface area (Å²) in [5.74, 6) is 0.894. The molecule has 0 fully saturated rings. The van der Waals surface area contributed by atoms with Gasteiger partial charge in [0.1, 0.15) is 0 Å². The predicted octanol–water partition coefficient (Wildman–Crippen LogP) is 1.84. The minimum atomic E-state index is -2.84. The van der Waals surface area contributed by atoms with Gasteiger partial charge in [0.25, 0.3) is 0 Å². The molecule has 4 heteroatoms. The van der Waals surface area contributed by atoms with Gasteiger partial charge in [0, 0.05) is 6.54 Å². The first-order valence-corrected chi connectivity index (χ1v) is 7.75. The van der Waals surface area contributed by atoms with E-state index in [0.717, 1.165) is 25.8 Å². The Morgan fingerprint density at radius 2 is 1.87 bits per heavy atom. The molecular weight excluding hydrogens is 210 g/mol. The van der Waals surface area contributed by atoms with Crippen molar-refractivity contribution in [1.29, 1.82) is 0 Å². The Kier molecular flexibility index (Phi) is 8.06. The molecule has 0 saturated heterocycles. The molecule has 1 N–H and O–H groups in total. The second-order valence-electron chi connectivity index (χ2n) is 4.23.